The molecule has 2 amide bonds. The average molecular weight is 1190 g/mol. The molecule has 5 N–H and O–H groups in total. The number of ether oxygens (including phenoxy) is 5. The van der Waals surface area contributed by atoms with Gasteiger partial charge in [-0.25, -0.2) is 36.2 Å². The summed E-state index contributed by atoms with van der Waals surface area (Å²) in [6, 6.07) is 32.2. The number of nitrogens with one attached hydrogen (secondary N) is 4. The highest BCUT2D eigenvalue weighted by molar-refractivity contribution is 7.51. The molecule has 10 rings (SSSR count). The Morgan fingerprint density at radius 2 is 1.48 bits per heavy atom. The summed E-state index contributed by atoms with van der Waals surface area (Å²) in [6.45, 7) is 11.3. The highest BCUT2D eigenvalue weighted by Gasteiger charge is 2.51. The smallest absolute Gasteiger partial charge is 0.497 e. The lowest BCUT2D eigenvalue weighted by molar-refractivity contribution is -0.118. The number of aromatic nitrogens is 8. The van der Waals surface area contributed by atoms with Crippen molar-refractivity contribution in [2.24, 2.45) is 11.8 Å². The minimum absolute atomic E-state index is 0.0437. The molecule has 0 spiro atoms. The van der Waals surface area contributed by atoms with E-state index < -0.39 is 94.2 Å². The summed E-state index contributed by atoms with van der Waals surface area (Å²) in [5.41, 5.74) is 0.959. The maximum absolute atomic E-state index is 15.5. The zero-order valence-electron chi connectivity index (χ0n) is 46.0. The Balaban J connectivity index is 0.996. The Hall–Kier alpha value is -8.18. The van der Waals surface area contributed by atoms with Crippen molar-refractivity contribution in [2.45, 2.75) is 69.6 Å². The number of H-pyrrole nitrogens is 1. The summed E-state index contributed by atoms with van der Waals surface area (Å²) >= 11 is 0. The quantitative estimate of drug-likeness (QED) is 0.0167. The molecule has 28 heteroatoms. The summed E-state index contributed by atoms with van der Waals surface area (Å²) in [5, 5.41) is 8.54. The van der Waals surface area contributed by atoms with Gasteiger partial charge in [0.25, 0.3) is 11.5 Å². The molecule has 0 aliphatic carbocycles. The Morgan fingerprint density at radius 1 is 0.833 bits per heavy atom. The van der Waals surface area contributed by atoms with Gasteiger partial charge >= 0.3 is 16.0 Å². The molecule has 9 unspecified atom stereocenters. The molecule has 6 heterocycles. The molecule has 8 aromatic rings. The Bertz CT molecular complexity index is 3740. The minimum atomic E-state index is -4.58. The van der Waals surface area contributed by atoms with E-state index >= 15 is 4.57 Å². The monoisotopic (exact) mass is 1190 g/mol. The molecule has 9 atom stereocenters. The fraction of sp³-hybridized carbons (Fsp3) is 0.339. The first-order valence-corrected chi connectivity index (χ1v) is 29.2. The second kappa shape index (κ2) is 25.8. The van der Waals surface area contributed by atoms with Crippen LogP contribution in [0.3, 0.4) is 0 Å². The molecule has 4 aromatic carbocycles. The van der Waals surface area contributed by atoms with Gasteiger partial charge in [-0.1, -0.05) is 93.6 Å². The van der Waals surface area contributed by atoms with Gasteiger partial charge in [-0.15, -0.1) is 9.42 Å². The SMILES string of the molecule is [C-]#[N+]CCOP(=O)(NC1CC(n2cnc3c(NC(=O)c4ccccc4)ncnc32)OC1COC(c1ccccc1)(c1ccc(OC)cc1)c1ccc(OC)cc1)OCC1OC(n2cnc3c(=O)[nH]c(NC(=O)C(C)C)nc32)C(O[P+](=O)O)C1C. The molecular weight excluding hydrogens is 1130 g/mol. The topological polar surface area (TPSA) is 310 Å². The van der Waals surface area contributed by atoms with E-state index in [0.29, 0.717) is 22.7 Å². The zero-order valence-corrected chi connectivity index (χ0v) is 47.8. The van der Waals surface area contributed by atoms with Gasteiger partial charge in [0.15, 0.2) is 40.5 Å². The molecule has 436 valence electrons. The van der Waals surface area contributed by atoms with E-state index in [9.17, 15) is 23.8 Å². The number of methoxy groups -OCH3 is 2. The van der Waals surface area contributed by atoms with Crippen LogP contribution < -0.4 is 30.8 Å². The molecule has 2 fully saturated rings. The third-order valence-electron chi connectivity index (χ3n) is 14.4. The number of carbonyl (C=O) groups excluding carboxylic acids is 2. The Morgan fingerprint density at radius 3 is 2.12 bits per heavy atom. The van der Waals surface area contributed by atoms with E-state index in [1.807, 2.05) is 78.9 Å². The molecule has 26 nitrogen and oxygen atoms in total. The van der Waals surface area contributed by atoms with Crippen LogP contribution in [0.5, 0.6) is 11.5 Å². The third kappa shape index (κ3) is 12.5. The van der Waals surface area contributed by atoms with Crippen LogP contribution in [-0.2, 0) is 47.3 Å². The Kier molecular flexibility index (Phi) is 18.1. The number of benzene rings is 4. The molecule has 2 aliphatic rings. The predicted molar refractivity (Wildman–Crippen MR) is 304 cm³/mol. The lowest BCUT2D eigenvalue weighted by Gasteiger charge is -2.37. The molecule has 2 saturated heterocycles. The average Bonchev–Trinajstić information content (AvgIpc) is 2.21. The number of fused-ring (bicyclic) bond motifs is 2. The summed E-state index contributed by atoms with van der Waals surface area (Å²) in [5.74, 6) is -0.877. The molecule has 0 bridgehead atoms. The Labute approximate surface area is 481 Å². The van der Waals surface area contributed by atoms with E-state index in [0.717, 1.165) is 16.7 Å². The van der Waals surface area contributed by atoms with Crippen molar-refractivity contribution in [3.63, 3.8) is 0 Å². The lowest BCUT2D eigenvalue weighted by atomic mass is 9.80. The number of carbonyl (C=O) groups is 2. The van der Waals surface area contributed by atoms with Gasteiger partial charge in [-0.05, 0) is 53.1 Å². The normalized spacial score (nSPS) is 20.6. The molecule has 0 radical (unpaired) electrons. The van der Waals surface area contributed by atoms with Crippen LogP contribution in [0.15, 0.2) is 133 Å². The summed E-state index contributed by atoms with van der Waals surface area (Å²) in [6.07, 6.45) is -1.33. The standard InChI is InChI=1S/C56H58N12O14P2/c1-33(2)51(69)64-55-63-50-46(53(71)65-55)61-32-68(50)54-47(82-83(72)73)34(3)42(81-54)29-79-84(74,78-26-25-57-4)66-41-27-44(67-31-60-45-48(58-30-59-49(45)67)62-52(70)35-13-9-7-10-14-35)80-43(41)28-77-56(36-15-11-8-12-16-36,37-17-21-39(75-5)22-18-37)38-19-23-40(76-6)24-20-38/h7-24,30-34,41-44,47,54H,25-29H2,1-3,5-6H3,(H4-,58,59,62,63,64,65,66,69,70,71,72,73,74)/p+1. The van der Waals surface area contributed by atoms with Gasteiger partial charge in [0.05, 0.1) is 58.3 Å². The highest BCUT2D eigenvalue weighted by atomic mass is 31.2. The van der Waals surface area contributed by atoms with Crippen LogP contribution in [0.25, 0.3) is 27.2 Å². The van der Waals surface area contributed by atoms with Crippen molar-refractivity contribution in [1.82, 2.24) is 44.1 Å². The van der Waals surface area contributed by atoms with Gasteiger partial charge in [0, 0.05) is 28.4 Å². The molecule has 4 aromatic heterocycles. The number of hydrogen-bond donors (Lipinski definition) is 5. The van der Waals surface area contributed by atoms with Crippen molar-refractivity contribution in [1.29, 1.82) is 0 Å². The number of aromatic amines is 1. The number of hydrogen-bond acceptors (Lipinski definition) is 18. The third-order valence-corrected chi connectivity index (χ3v) is 16.5. The molecular formula is C56H59N12O14P2+. The van der Waals surface area contributed by atoms with Crippen LogP contribution in [0.1, 0.15) is 66.7 Å². The van der Waals surface area contributed by atoms with E-state index in [1.54, 1.807) is 69.9 Å². The first-order chi connectivity index (χ1) is 40.6. The maximum Gasteiger partial charge on any atom is 0.695 e. The van der Waals surface area contributed by atoms with Crippen LogP contribution in [0.4, 0.5) is 11.8 Å². The van der Waals surface area contributed by atoms with Crippen molar-refractivity contribution in [3.05, 3.63) is 172 Å². The molecule has 0 saturated carbocycles. The van der Waals surface area contributed by atoms with Crippen LogP contribution in [-0.4, -0.2) is 121 Å². The van der Waals surface area contributed by atoms with Crippen LogP contribution >= 0.6 is 16.0 Å². The van der Waals surface area contributed by atoms with E-state index in [1.165, 1.54) is 23.5 Å². The second-order valence-electron chi connectivity index (χ2n) is 19.9. The first kappa shape index (κ1) is 59.0. The number of nitrogens with zero attached hydrogens (tertiary/aromatic N) is 8. The van der Waals surface area contributed by atoms with E-state index in [-0.39, 0.29) is 54.6 Å². The summed E-state index contributed by atoms with van der Waals surface area (Å²) in [7, 11) is -4.66. The lowest BCUT2D eigenvalue weighted by Crippen LogP contribution is -2.42. The van der Waals surface area contributed by atoms with Crippen molar-refractivity contribution < 1.29 is 60.9 Å². The van der Waals surface area contributed by atoms with Crippen LogP contribution in [0.2, 0.25) is 0 Å². The number of amides is 2. The first-order valence-electron chi connectivity index (χ1n) is 26.6. The van der Waals surface area contributed by atoms with Gasteiger partial charge in [-0.2, -0.15) is 4.98 Å². The predicted octanol–water partition coefficient (Wildman–Crippen LogP) is 7.71. The minimum Gasteiger partial charge on any atom is -0.497 e. The fourth-order valence-corrected chi connectivity index (χ4v) is 12.1. The van der Waals surface area contributed by atoms with Crippen molar-refractivity contribution in [3.8, 4) is 11.5 Å². The van der Waals surface area contributed by atoms with Crippen LogP contribution in [0, 0.1) is 18.4 Å². The summed E-state index contributed by atoms with van der Waals surface area (Å²) in [4.78, 5) is 77.4. The number of anilines is 2. The maximum atomic E-state index is 15.5. The number of imidazole rings is 2. The largest absolute Gasteiger partial charge is 0.695 e. The van der Waals surface area contributed by atoms with Gasteiger partial charge < -0.3 is 33.8 Å². The van der Waals surface area contributed by atoms with Gasteiger partial charge in [-0.3, -0.25) is 42.9 Å². The molecule has 84 heavy (non-hydrogen) atoms. The number of rotatable bonds is 24. The zero-order chi connectivity index (χ0) is 59.1. The molecule has 2 aliphatic heterocycles. The van der Waals surface area contributed by atoms with E-state index in [4.69, 9.17) is 43.8 Å². The van der Waals surface area contributed by atoms with Crippen molar-refractivity contribution >= 4 is 61.9 Å². The fourth-order valence-electron chi connectivity index (χ4n) is 10.0. The van der Waals surface area contributed by atoms with Crippen molar-refractivity contribution in [2.75, 3.05) is 51.2 Å². The second-order valence-corrected chi connectivity index (χ2v) is 22.4. The highest BCUT2D eigenvalue weighted by Crippen LogP contribution is 2.50. The van der Waals surface area contributed by atoms with E-state index in [2.05, 4.69) is 50.5 Å². The van der Waals surface area contributed by atoms with Gasteiger partial charge in [0.2, 0.25) is 18.4 Å². The summed E-state index contributed by atoms with van der Waals surface area (Å²) < 4.78 is 80.7. The van der Waals surface area contributed by atoms with Gasteiger partial charge in [0.1, 0.15) is 36.3 Å².